The maximum absolute atomic E-state index is 10.8. The Balaban J connectivity index is 2.75. The zero-order valence-corrected chi connectivity index (χ0v) is 9.02. The Morgan fingerprint density at radius 3 is 2.81 bits per heavy atom. The van der Waals surface area contributed by atoms with E-state index in [-0.39, 0.29) is 10.7 Å². The number of hydrogen-bond donors (Lipinski definition) is 1. The molecule has 1 N–H and O–H groups in total. The molecule has 2 rings (SSSR count). The Kier molecular flexibility index (Phi) is 2.62. The van der Waals surface area contributed by atoms with E-state index in [2.05, 4.69) is 10.2 Å². The number of methoxy groups -OCH3 is 1. The van der Waals surface area contributed by atoms with Crippen molar-refractivity contribution in [3.8, 4) is 5.75 Å². The van der Waals surface area contributed by atoms with Crippen molar-refractivity contribution in [2.24, 2.45) is 0 Å². The summed E-state index contributed by atoms with van der Waals surface area (Å²) < 4.78 is 5.02. The first-order valence-electron chi connectivity index (χ1n) is 4.36. The standard InChI is InChI=1S/C10H7ClN2O3/c1-16-5-2-3-7-6(4-5)8(11)9(10(14)15)13-12-7/h2-4H,1H3,(H,14,15). The number of halogens is 1. The summed E-state index contributed by atoms with van der Waals surface area (Å²) >= 11 is 5.93. The normalized spacial score (nSPS) is 10.4. The van der Waals surface area contributed by atoms with E-state index >= 15 is 0 Å². The third-order valence-corrected chi connectivity index (χ3v) is 2.49. The molecule has 0 saturated heterocycles. The van der Waals surface area contributed by atoms with Gasteiger partial charge in [0.15, 0.2) is 5.69 Å². The number of ether oxygens (including phenoxy) is 1. The molecule has 0 unspecified atom stereocenters. The monoisotopic (exact) mass is 238 g/mol. The van der Waals surface area contributed by atoms with Crippen LogP contribution in [0.25, 0.3) is 10.9 Å². The fourth-order valence-electron chi connectivity index (χ4n) is 1.32. The fraction of sp³-hybridized carbons (Fsp3) is 0.100. The number of rotatable bonds is 2. The predicted octanol–water partition coefficient (Wildman–Crippen LogP) is 1.99. The van der Waals surface area contributed by atoms with Gasteiger partial charge in [-0.3, -0.25) is 0 Å². The molecule has 6 heteroatoms. The summed E-state index contributed by atoms with van der Waals surface area (Å²) in [6.45, 7) is 0. The number of fused-ring (bicyclic) bond motifs is 1. The van der Waals surface area contributed by atoms with Crippen LogP contribution in [0.3, 0.4) is 0 Å². The summed E-state index contributed by atoms with van der Waals surface area (Å²) in [6.07, 6.45) is 0. The van der Waals surface area contributed by atoms with Crippen molar-refractivity contribution in [2.45, 2.75) is 0 Å². The number of benzene rings is 1. The highest BCUT2D eigenvalue weighted by molar-refractivity contribution is 6.37. The molecule has 0 bridgehead atoms. The van der Waals surface area contributed by atoms with Crippen LogP contribution in [0.15, 0.2) is 18.2 Å². The van der Waals surface area contributed by atoms with Gasteiger partial charge in [-0.05, 0) is 18.2 Å². The van der Waals surface area contributed by atoms with Crippen LogP contribution in [-0.2, 0) is 0 Å². The van der Waals surface area contributed by atoms with Gasteiger partial charge in [0.05, 0.1) is 17.6 Å². The number of nitrogens with zero attached hydrogens (tertiary/aromatic N) is 2. The van der Waals surface area contributed by atoms with Crippen LogP contribution in [0.2, 0.25) is 5.02 Å². The van der Waals surface area contributed by atoms with Gasteiger partial charge in [-0.2, -0.15) is 0 Å². The van der Waals surface area contributed by atoms with Crippen LogP contribution in [0, 0.1) is 0 Å². The van der Waals surface area contributed by atoms with Crippen molar-refractivity contribution in [3.63, 3.8) is 0 Å². The predicted molar refractivity (Wildman–Crippen MR) is 58.1 cm³/mol. The topological polar surface area (TPSA) is 72.3 Å². The molecule has 0 atom stereocenters. The van der Waals surface area contributed by atoms with Crippen molar-refractivity contribution >= 4 is 28.5 Å². The van der Waals surface area contributed by atoms with Gasteiger partial charge in [0.25, 0.3) is 0 Å². The molecule has 5 nitrogen and oxygen atoms in total. The Morgan fingerprint density at radius 2 is 2.19 bits per heavy atom. The van der Waals surface area contributed by atoms with E-state index in [9.17, 15) is 4.79 Å². The Morgan fingerprint density at radius 1 is 1.44 bits per heavy atom. The lowest BCUT2D eigenvalue weighted by Gasteiger charge is -2.04. The molecule has 0 aliphatic rings. The molecule has 2 aromatic rings. The van der Waals surface area contributed by atoms with Crippen molar-refractivity contribution < 1.29 is 14.6 Å². The minimum atomic E-state index is -1.21. The minimum Gasteiger partial charge on any atom is -0.497 e. The zero-order valence-electron chi connectivity index (χ0n) is 8.27. The summed E-state index contributed by atoms with van der Waals surface area (Å²) in [5.41, 5.74) is 0.262. The molecule has 16 heavy (non-hydrogen) atoms. The second-order valence-electron chi connectivity index (χ2n) is 3.05. The van der Waals surface area contributed by atoms with E-state index in [4.69, 9.17) is 21.4 Å². The van der Waals surface area contributed by atoms with Gasteiger partial charge >= 0.3 is 5.97 Å². The maximum atomic E-state index is 10.8. The van der Waals surface area contributed by atoms with E-state index in [1.54, 1.807) is 18.2 Å². The number of carbonyl (C=O) groups is 1. The van der Waals surface area contributed by atoms with Crippen molar-refractivity contribution in [1.29, 1.82) is 0 Å². The summed E-state index contributed by atoms with van der Waals surface area (Å²) in [7, 11) is 1.52. The number of carboxylic acids is 1. The molecule has 82 valence electrons. The van der Waals surface area contributed by atoms with Crippen molar-refractivity contribution in [2.75, 3.05) is 7.11 Å². The highest BCUT2D eigenvalue weighted by Crippen LogP contribution is 2.27. The lowest BCUT2D eigenvalue weighted by Crippen LogP contribution is -2.03. The molecule has 1 aromatic heterocycles. The van der Waals surface area contributed by atoms with Gasteiger partial charge in [-0.25, -0.2) is 4.79 Å². The average Bonchev–Trinajstić information content (AvgIpc) is 2.28. The Bertz CT molecular complexity index is 571. The summed E-state index contributed by atoms with van der Waals surface area (Å²) in [5, 5.41) is 16.7. The van der Waals surface area contributed by atoms with Crippen LogP contribution in [-0.4, -0.2) is 28.4 Å². The van der Waals surface area contributed by atoms with Crippen LogP contribution in [0.1, 0.15) is 10.5 Å². The molecule has 0 aliphatic carbocycles. The number of aromatic carboxylic acids is 1. The van der Waals surface area contributed by atoms with Gasteiger partial charge < -0.3 is 9.84 Å². The zero-order chi connectivity index (χ0) is 11.7. The van der Waals surface area contributed by atoms with Crippen LogP contribution in [0.5, 0.6) is 5.75 Å². The van der Waals surface area contributed by atoms with Gasteiger partial charge in [0.2, 0.25) is 0 Å². The van der Waals surface area contributed by atoms with E-state index in [0.29, 0.717) is 16.7 Å². The van der Waals surface area contributed by atoms with Gasteiger partial charge in [-0.1, -0.05) is 11.6 Å². The molecule has 0 amide bonds. The van der Waals surface area contributed by atoms with E-state index in [1.807, 2.05) is 0 Å². The maximum Gasteiger partial charge on any atom is 0.358 e. The Labute approximate surface area is 95.6 Å². The van der Waals surface area contributed by atoms with E-state index in [1.165, 1.54) is 7.11 Å². The van der Waals surface area contributed by atoms with Gasteiger partial charge in [0.1, 0.15) is 5.75 Å². The Hall–Kier alpha value is -1.88. The van der Waals surface area contributed by atoms with Crippen molar-refractivity contribution in [1.82, 2.24) is 10.2 Å². The van der Waals surface area contributed by atoms with Gasteiger partial charge in [-0.15, -0.1) is 10.2 Å². The van der Waals surface area contributed by atoms with Gasteiger partial charge in [0, 0.05) is 5.39 Å². The molecular weight excluding hydrogens is 232 g/mol. The smallest absolute Gasteiger partial charge is 0.358 e. The first kappa shape index (κ1) is 10.6. The van der Waals surface area contributed by atoms with Crippen LogP contribution in [0.4, 0.5) is 0 Å². The fourth-order valence-corrected chi connectivity index (χ4v) is 1.59. The molecule has 0 radical (unpaired) electrons. The first-order valence-corrected chi connectivity index (χ1v) is 4.74. The molecule has 0 fully saturated rings. The largest absolute Gasteiger partial charge is 0.497 e. The lowest BCUT2D eigenvalue weighted by molar-refractivity contribution is 0.0689. The third kappa shape index (κ3) is 1.65. The molecule has 0 aliphatic heterocycles. The summed E-state index contributed by atoms with van der Waals surface area (Å²) in [4.78, 5) is 10.8. The first-order chi connectivity index (χ1) is 7.63. The second kappa shape index (κ2) is 3.94. The van der Waals surface area contributed by atoms with E-state index in [0.717, 1.165) is 0 Å². The van der Waals surface area contributed by atoms with Crippen LogP contribution >= 0.6 is 11.6 Å². The van der Waals surface area contributed by atoms with Crippen molar-refractivity contribution in [3.05, 3.63) is 28.9 Å². The SMILES string of the molecule is COc1ccc2nnc(C(=O)O)c(Cl)c2c1. The van der Waals surface area contributed by atoms with E-state index < -0.39 is 5.97 Å². The quantitative estimate of drug-likeness (QED) is 0.866. The highest BCUT2D eigenvalue weighted by Gasteiger charge is 2.15. The molecular formula is C10H7ClN2O3. The minimum absolute atomic E-state index is 0.0661. The molecule has 0 saturated carbocycles. The second-order valence-corrected chi connectivity index (χ2v) is 3.43. The summed E-state index contributed by atoms with van der Waals surface area (Å²) in [5.74, 6) is -0.624. The lowest BCUT2D eigenvalue weighted by atomic mass is 10.2. The van der Waals surface area contributed by atoms with Crippen LogP contribution < -0.4 is 4.74 Å². The molecule has 1 aromatic carbocycles. The number of hydrogen-bond acceptors (Lipinski definition) is 4. The molecule has 0 spiro atoms. The number of carboxylic acid groups (broad SMARTS) is 1. The number of aromatic nitrogens is 2. The third-order valence-electron chi connectivity index (χ3n) is 2.11. The molecule has 1 heterocycles. The summed E-state index contributed by atoms with van der Waals surface area (Å²) in [6, 6.07) is 4.99. The average molecular weight is 239 g/mol. The highest BCUT2D eigenvalue weighted by atomic mass is 35.5.